The molecule has 18 heavy (non-hydrogen) atoms. The van der Waals surface area contributed by atoms with E-state index in [1.807, 2.05) is 0 Å². The Kier molecular flexibility index (Phi) is 4.41. The van der Waals surface area contributed by atoms with Crippen molar-refractivity contribution in [3.63, 3.8) is 0 Å². The van der Waals surface area contributed by atoms with Crippen LogP contribution in [0, 0.1) is 13.8 Å². The van der Waals surface area contributed by atoms with Crippen LogP contribution in [0.3, 0.4) is 0 Å². The van der Waals surface area contributed by atoms with E-state index in [1.165, 1.54) is 42.4 Å². The van der Waals surface area contributed by atoms with Crippen molar-refractivity contribution in [1.82, 2.24) is 4.90 Å². The van der Waals surface area contributed by atoms with Gasteiger partial charge in [0.2, 0.25) is 0 Å². The van der Waals surface area contributed by atoms with Crippen LogP contribution < -0.4 is 5.73 Å². The first-order chi connectivity index (χ1) is 8.59. The molecule has 1 saturated carbocycles. The van der Waals surface area contributed by atoms with Crippen LogP contribution in [0.15, 0.2) is 18.2 Å². The molecule has 0 aliphatic heterocycles. The molecular weight excluding hydrogens is 220 g/mol. The van der Waals surface area contributed by atoms with E-state index in [9.17, 15) is 0 Å². The summed E-state index contributed by atoms with van der Waals surface area (Å²) in [5.74, 6) is 0. The molecule has 1 aliphatic rings. The Morgan fingerprint density at radius 1 is 1.17 bits per heavy atom. The quantitative estimate of drug-likeness (QED) is 0.888. The highest BCUT2D eigenvalue weighted by atomic mass is 15.1. The van der Waals surface area contributed by atoms with Gasteiger partial charge in [0.15, 0.2) is 0 Å². The molecule has 2 N–H and O–H groups in total. The zero-order valence-electron chi connectivity index (χ0n) is 11.9. The molecule has 2 unspecified atom stereocenters. The fourth-order valence-corrected chi connectivity index (χ4v) is 3.15. The largest absolute Gasteiger partial charge is 0.326 e. The smallest absolute Gasteiger partial charge is 0.0247 e. The molecule has 2 heteroatoms. The Labute approximate surface area is 111 Å². The third-order valence-electron chi connectivity index (χ3n) is 4.40. The molecule has 2 nitrogen and oxygen atoms in total. The van der Waals surface area contributed by atoms with Gasteiger partial charge in [-0.2, -0.15) is 0 Å². The Bertz CT molecular complexity index is 380. The van der Waals surface area contributed by atoms with Crippen LogP contribution in [0.5, 0.6) is 0 Å². The normalized spacial score (nSPS) is 24.5. The molecule has 0 aromatic heterocycles. The molecule has 100 valence electrons. The second-order valence-electron chi connectivity index (χ2n) is 5.80. The molecule has 0 heterocycles. The van der Waals surface area contributed by atoms with Gasteiger partial charge in [-0.1, -0.05) is 31.0 Å². The summed E-state index contributed by atoms with van der Waals surface area (Å²) < 4.78 is 0. The molecule has 1 aliphatic carbocycles. The number of rotatable bonds is 3. The van der Waals surface area contributed by atoms with E-state index in [0.29, 0.717) is 12.1 Å². The van der Waals surface area contributed by atoms with Gasteiger partial charge >= 0.3 is 0 Å². The van der Waals surface area contributed by atoms with E-state index in [1.54, 1.807) is 0 Å². The summed E-state index contributed by atoms with van der Waals surface area (Å²) in [7, 11) is 2.22. The molecule has 0 amide bonds. The molecule has 1 aromatic carbocycles. The molecule has 0 radical (unpaired) electrons. The predicted octanol–water partition coefficient (Wildman–Crippen LogP) is 3.01. The van der Waals surface area contributed by atoms with Crippen LogP contribution in [0.2, 0.25) is 0 Å². The molecule has 1 aromatic rings. The molecule has 0 saturated heterocycles. The highest BCUT2D eigenvalue weighted by molar-refractivity contribution is 5.33. The highest BCUT2D eigenvalue weighted by Gasteiger charge is 2.25. The maximum absolute atomic E-state index is 6.27. The van der Waals surface area contributed by atoms with Gasteiger partial charge in [0.05, 0.1) is 0 Å². The number of benzene rings is 1. The Morgan fingerprint density at radius 2 is 1.78 bits per heavy atom. The van der Waals surface area contributed by atoms with Crippen LogP contribution in [0.1, 0.15) is 42.4 Å². The van der Waals surface area contributed by atoms with Crippen molar-refractivity contribution in [3.8, 4) is 0 Å². The lowest BCUT2D eigenvalue weighted by molar-refractivity contribution is 0.162. The van der Waals surface area contributed by atoms with Gasteiger partial charge in [0.1, 0.15) is 0 Å². The van der Waals surface area contributed by atoms with Crippen LogP contribution >= 0.6 is 0 Å². The van der Waals surface area contributed by atoms with Crippen LogP contribution in [-0.2, 0) is 6.54 Å². The van der Waals surface area contributed by atoms with E-state index in [0.717, 1.165) is 6.54 Å². The lowest BCUT2D eigenvalue weighted by Crippen LogP contribution is -2.47. The van der Waals surface area contributed by atoms with Gasteiger partial charge in [-0.05, 0) is 50.4 Å². The van der Waals surface area contributed by atoms with Gasteiger partial charge in [-0.25, -0.2) is 0 Å². The lowest BCUT2D eigenvalue weighted by Gasteiger charge is -2.36. The van der Waals surface area contributed by atoms with E-state index in [2.05, 4.69) is 44.0 Å². The Morgan fingerprint density at radius 3 is 2.39 bits per heavy atom. The zero-order chi connectivity index (χ0) is 13.1. The molecule has 0 spiro atoms. The summed E-state index contributed by atoms with van der Waals surface area (Å²) in [6.07, 6.45) is 5.06. The molecular formula is C16H26N2. The van der Waals surface area contributed by atoms with Crippen LogP contribution in [0.25, 0.3) is 0 Å². The van der Waals surface area contributed by atoms with Crippen molar-refractivity contribution in [2.45, 2.75) is 58.2 Å². The molecule has 0 bridgehead atoms. The minimum atomic E-state index is 0.355. The average Bonchev–Trinajstić information content (AvgIpc) is 2.34. The van der Waals surface area contributed by atoms with E-state index >= 15 is 0 Å². The minimum absolute atomic E-state index is 0.355. The first kappa shape index (κ1) is 13.6. The van der Waals surface area contributed by atoms with Gasteiger partial charge in [0, 0.05) is 18.6 Å². The van der Waals surface area contributed by atoms with Crippen LogP contribution in [-0.4, -0.2) is 24.0 Å². The van der Waals surface area contributed by atoms with Gasteiger partial charge in [-0.15, -0.1) is 0 Å². The zero-order valence-corrected chi connectivity index (χ0v) is 11.9. The number of nitrogens with two attached hydrogens (primary N) is 1. The van der Waals surface area contributed by atoms with Crippen molar-refractivity contribution in [3.05, 3.63) is 34.9 Å². The van der Waals surface area contributed by atoms with E-state index in [-0.39, 0.29) is 0 Å². The highest BCUT2D eigenvalue weighted by Crippen LogP contribution is 2.24. The molecule has 2 atom stereocenters. The molecule has 1 fully saturated rings. The summed E-state index contributed by atoms with van der Waals surface area (Å²) in [6.45, 7) is 5.44. The summed E-state index contributed by atoms with van der Waals surface area (Å²) in [5.41, 5.74) is 10.5. The standard InChI is InChI=1S/C16H26N2/c1-12-7-6-8-13(2)14(12)11-18(3)16-10-5-4-9-15(16)17/h6-8,15-16H,4-5,9-11,17H2,1-3H3. The summed E-state index contributed by atoms with van der Waals surface area (Å²) >= 11 is 0. The second kappa shape index (κ2) is 5.85. The monoisotopic (exact) mass is 246 g/mol. The maximum atomic E-state index is 6.27. The van der Waals surface area contributed by atoms with Gasteiger partial charge in [0.25, 0.3) is 0 Å². The first-order valence-electron chi connectivity index (χ1n) is 7.10. The van der Waals surface area contributed by atoms with Crippen LogP contribution in [0.4, 0.5) is 0 Å². The summed E-state index contributed by atoms with van der Waals surface area (Å²) in [6, 6.07) is 7.46. The third kappa shape index (κ3) is 2.93. The van der Waals surface area contributed by atoms with Crippen molar-refractivity contribution in [1.29, 1.82) is 0 Å². The van der Waals surface area contributed by atoms with Gasteiger partial charge < -0.3 is 5.73 Å². The number of aryl methyl sites for hydroxylation is 2. The second-order valence-corrected chi connectivity index (χ2v) is 5.80. The van der Waals surface area contributed by atoms with Crippen molar-refractivity contribution in [2.75, 3.05) is 7.05 Å². The number of hydrogen-bond acceptors (Lipinski definition) is 2. The molecule has 2 rings (SSSR count). The average molecular weight is 246 g/mol. The predicted molar refractivity (Wildman–Crippen MR) is 77.6 cm³/mol. The van der Waals surface area contributed by atoms with Gasteiger partial charge in [-0.3, -0.25) is 4.90 Å². The fourth-order valence-electron chi connectivity index (χ4n) is 3.15. The Balaban J connectivity index is 2.08. The number of hydrogen-bond donors (Lipinski definition) is 1. The first-order valence-corrected chi connectivity index (χ1v) is 7.10. The maximum Gasteiger partial charge on any atom is 0.0247 e. The SMILES string of the molecule is Cc1cccc(C)c1CN(C)C1CCCCC1N. The lowest BCUT2D eigenvalue weighted by atomic mass is 9.89. The van der Waals surface area contributed by atoms with E-state index in [4.69, 9.17) is 5.73 Å². The minimum Gasteiger partial charge on any atom is -0.326 e. The number of likely N-dealkylation sites (N-methyl/N-ethyl adjacent to an activating group) is 1. The fraction of sp³-hybridized carbons (Fsp3) is 0.625. The number of nitrogens with zero attached hydrogens (tertiary/aromatic N) is 1. The van der Waals surface area contributed by atoms with Crippen molar-refractivity contribution < 1.29 is 0 Å². The van der Waals surface area contributed by atoms with Crippen molar-refractivity contribution >= 4 is 0 Å². The summed E-state index contributed by atoms with van der Waals surface area (Å²) in [4.78, 5) is 2.46. The van der Waals surface area contributed by atoms with E-state index < -0.39 is 0 Å². The third-order valence-corrected chi connectivity index (χ3v) is 4.40. The Hall–Kier alpha value is -0.860. The topological polar surface area (TPSA) is 29.3 Å². The van der Waals surface area contributed by atoms with Crippen molar-refractivity contribution in [2.24, 2.45) is 5.73 Å². The summed E-state index contributed by atoms with van der Waals surface area (Å²) in [5, 5.41) is 0.